The zero-order chi connectivity index (χ0) is 19.8. The number of ether oxygens (including phenoxy) is 4. The summed E-state index contributed by atoms with van der Waals surface area (Å²) in [5.74, 6) is 0.872. The fraction of sp³-hybridized carbons (Fsp3) is 0.350. The second-order valence-electron chi connectivity index (χ2n) is 6.03. The van der Waals surface area contributed by atoms with Crippen LogP contribution in [0.1, 0.15) is 35.2 Å². The van der Waals surface area contributed by atoms with Crippen LogP contribution in [0.5, 0.6) is 17.5 Å². The lowest BCUT2D eigenvalue weighted by Gasteiger charge is -2.22. The van der Waals surface area contributed by atoms with Gasteiger partial charge in [-0.05, 0) is 43.5 Å². The van der Waals surface area contributed by atoms with Crippen LogP contribution in [0, 0.1) is 11.3 Å². The number of aromatic nitrogens is 1. The maximum absolute atomic E-state index is 11.1. The molecule has 1 fully saturated rings. The van der Waals surface area contributed by atoms with E-state index in [4.69, 9.17) is 18.9 Å². The molecular weight excluding hydrogens is 428 g/mol. The van der Waals surface area contributed by atoms with Crippen LogP contribution in [0.15, 0.2) is 34.8 Å². The first-order chi connectivity index (χ1) is 13.7. The molecule has 1 aromatic heterocycles. The molecule has 1 unspecified atom stereocenters. The predicted octanol–water partition coefficient (Wildman–Crippen LogP) is 4.24. The number of pyridine rings is 1. The Bertz CT molecular complexity index is 862. The highest BCUT2D eigenvalue weighted by Gasteiger charge is 2.14. The van der Waals surface area contributed by atoms with Crippen molar-refractivity contribution in [2.45, 2.75) is 25.6 Å². The van der Waals surface area contributed by atoms with Crippen molar-refractivity contribution < 1.29 is 23.7 Å². The van der Waals surface area contributed by atoms with Crippen LogP contribution in [-0.2, 0) is 9.47 Å². The molecule has 0 bridgehead atoms. The van der Waals surface area contributed by atoms with E-state index in [0.717, 1.165) is 25.5 Å². The minimum atomic E-state index is -0.195. The van der Waals surface area contributed by atoms with Gasteiger partial charge in [0.25, 0.3) is 0 Å². The Morgan fingerprint density at radius 1 is 1.29 bits per heavy atom. The molecule has 0 aliphatic carbocycles. The molecule has 3 rings (SSSR count). The first kappa shape index (κ1) is 20.3. The van der Waals surface area contributed by atoms with Crippen molar-refractivity contribution in [1.29, 1.82) is 5.26 Å². The molecule has 1 saturated heterocycles. The standard InChI is InChI=1S/C20H19BrN2O5/c21-17-6-5-16(11-15(17)13-24)28-18-7-4-14(12-22)20(23-18)27-10-9-26-19-3-1-2-8-25-19/h4-7,11,13,19H,1-3,8-10H2. The number of nitrogens with zero attached hydrogens (tertiary/aromatic N) is 2. The summed E-state index contributed by atoms with van der Waals surface area (Å²) in [5.41, 5.74) is 0.760. The van der Waals surface area contributed by atoms with E-state index in [1.54, 1.807) is 30.3 Å². The molecule has 1 aliphatic rings. The highest BCUT2D eigenvalue weighted by Crippen LogP contribution is 2.27. The Kier molecular flexibility index (Phi) is 7.37. The topological polar surface area (TPSA) is 90.7 Å². The van der Waals surface area contributed by atoms with E-state index >= 15 is 0 Å². The third-order valence-corrected chi connectivity index (χ3v) is 4.76. The number of aldehydes is 1. The molecule has 146 valence electrons. The average Bonchev–Trinajstić information content (AvgIpc) is 2.73. The van der Waals surface area contributed by atoms with Gasteiger partial charge in [-0.15, -0.1) is 0 Å². The summed E-state index contributed by atoms with van der Waals surface area (Å²) in [6, 6.07) is 10.2. The zero-order valence-electron chi connectivity index (χ0n) is 15.1. The van der Waals surface area contributed by atoms with Crippen molar-refractivity contribution in [1.82, 2.24) is 4.98 Å². The molecule has 0 saturated carbocycles. The van der Waals surface area contributed by atoms with Crippen LogP contribution < -0.4 is 9.47 Å². The van der Waals surface area contributed by atoms with Crippen molar-refractivity contribution in [3.8, 4) is 23.6 Å². The normalized spacial score (nSPS) is 16.2. The third kappa shape index (κ3) is 5.52. The molecule has 28 heavy (non-hydrogen) atoms. The molecule has 0 N–H and O–H groups in total. The van der Waals surface area contributed by atoms with Crippen LogP contribution in [-0.4, -0.2) is 37.4 Å². The van der Waals surface area contributed by atoms with Crippen molar-refractivity contribution in [2.75, 3.05) is 19.8 Å². The minimum Gasteiger partial charge on any atom is -0.474 e. The third-order valence-electron chi connectivity index (χ3n) is 4.04. The highest BCUT2D eigenvalue weighted by molar-refractivity contribution is 9.10. The minimum absolute atomic E-state index is 0.167. The van der Waals surface area contributed by atoms with Gasteiger partial charge in [0.1, 0.15) is 24.0 Å². The van der Waals surface area contributed by atoms with Gasteiger partial charge in [0.05, 0.1) is 6.61 Å². The second kappa shape index (κ2) is 10.2. The van der Waals surface area contributed by atoms with Gasteiger partial charge in [0.15, 0.2) is 12.6 Å². The molecule has 7 nitrogen and oxygen atoms in total. The van der Waals surface area contributed by atoms with E-state index in [2.05, 4.69) is 20.9 Å². The van der Waals surface area contributed by atoms with Crippen LogP contribution in [0.3, 0.4) is 0 Å². The number of rotatable bonds is 8. The van der Waals surface area contributed by atoms with Gasteiger partial charge >= 0.3 is 0 Å². The number of carbonyl (C=O) groups excluding carboxylic acids is 1. The van der Waals surface area contributed by atoms with E-state index in [1.807, 2.05) is 6.07 Å². The number of hydrogen-bond acceptors (Lipinski definition) is 7. The summed E-state index contributed by atoms with van der Waals surface area (Å²) in [6.07, 6.45) is 3.56. The van der Waals surface area contributed by atoms with E-state index in [-0.39, 0.29) is 24.7 Å². The van der Waals surface area contributed by atoms with Crippen LogP contribution in [0.4, 0.5) is 0 Å². The Morgan fingerprint density at radius 3 is 2.93 bits per heavy atom. The Morgan fingerprint density at radius 2 is 2.18 bits per heavy atom. The van der Waals surface area contributed by atoms with Gasteiger partial charge in [0, 0.05) is 22.7 Å². The summed E-state index contributed by atoms with van der Waals surface area (Å²) < 4.78 is 23.1. The fourth-order valence-corrected chi connectivity index (χ4v) is 2.97. The SMILES string of the molecule is N#Cc1ccc(Oc2ccc(Br)c(C=O)c2)nc1OCCOC1CCCCO1. The smallest absolute Gasteiger partial charge is 0.235 e. The van der Waals surface area contributed by atoms with E-state index < -0.39 is 0 Å². The molecule has 1 aliphatic heterocycles. The largest absolute Gasteiger partial charge is 0.474 e. The van der Waals surface area contributed by atoms with E-state index in [0.29, 0.717) is 34.6 Å². The molecular formula is C20H19BrN2O5. The molecule has 0 amide bonds. The molecule has 1 aromatic carbocycles. The molecule has 0 radical (unpaired) electrons. The van der Waals surface area contributed by atoms with E-state index in [1.165, 1.54) is 0 Å². The lowest BCUT2D eigenvalue weighted by atomic mass is 10.2. The molecule has 2 aromatic rings. The average molecular weight is 447 g/mol. The van der Waals surface area contributed by atoms with E-state index in [9.17, 15) is 10.1 Å². The maximum atomic E-state index is 11.1. The van der Waals surface area contributed by atoms with Crippen LogP contribution in [0.25, 0.3) is 0 Å². The first-order valence-corrected chi connectivity index (χ1v) is 9.68. The number of benzene rings is 1. The van der Waals surface area contributed by atoms with Crippen LogP contribution >= 0.6 is 15.9 Å². The summed E-state index contributed by atoms with van der Waals surface area (Å²) in [5, 5.41) is 9.25. The number of hydrogen-bond donors (Lipinski definition) is 0. The summed E-state index contributed by atoms with van der Waals surface area (Å²) >= 11 is 3.29. The quantitative estimate of drug-likeness (QED) is 0.442. The Balaban J connectivity index is 1.61. The zero-order valence-corrected chi connectivity index (χ0v) is 16.7. The second-order valence-corrected chi connectivity index (χ2v) is 6.89. The molecule has 1 atom stereocenters. The maximum Gasteiger partial charge on any atom is 0.235 e. The summed E-state index contributed by atoms with van der Waals surface area (Å²) in [6.45, 7) is 1.28. The summed E-state index contributed by atoms with van der Waals surface area (Å²) in [7, 11) is 0. The number of carbonyl (C=O) groups is 1. The van der Waals surface area contributed by atoms with Gasteiger partial charge in [-0.1, -0.05) is 15.9 Å². The molecule has 8 heteroatoms. The van der Waals surface area contributed by atoms with Gasteiger partial charge in [0.2, 0.25) is 11.8 Å². The van der Waals surface area contributed by atoms with Crippen LogP contribution in [0.2, 0.25) is 0 Å². The van der Waals surface area contributed by atoms with Crippen molar-refractivity contribution in [3.63, 3.8) is 0 Å². The van der Waals surface area contributed by atoms with Crippen molar-refractivity contribution >= 4 is 22.2 Å². The predicted molar refractivity (Wildman–Crippen MR) is 104 cm³/mol. The molecule has 2 heterocycles. The lowest BCUT2D eigenvalue weighted by Crippen LogP contribution is -2.24. The number of halogens is 1. The van der Waals surface area contributed by atoms with Gasteiger partial charge < -0.3 is 18.9 Å². The molecule has 0 spiro atoms. The Hall–Kier alpha value is -2.47. The number of nitriles is 1. The van der Waals surface area contributed by atoms with Gasteiger partial charge in [-0.3, -0.25) is 4.79 Å². The van der Waals surface area contributed by atoms with Crippen molar-refractivity contribution in [3.05, 3.63) is 45.9 Å². The lowest BCUT2D eigenvalue weighted by molar-refractivity contribution is -0.165. The fourth-order valence-electron chi connectivity index (χ4n) is 2.63. The Labute approximate surface area is 171 Å². The highest BCUT2D eigenvalue weighted by atomic mass is 79.9. The van der Waals surface area contributed by atoms with Gasteiger partial charge in [-0.2, -0.15) is 10.2 Å². The summed E-state index contributed by atoms with van der Waals surface area (Å²) in [4.78, 5) is 15.3. The monoisotopic (exact) mass is 446 g/mol. The van der Waals surface area contributed by atoms with Crippen molar-refractivity contribution in [2.24, 2.45) is 0 Å². The van der Waals surface area contributed by atoms with Gasteiger partial charge in [-0.25, -0.2) is 0 Å². The first-order valence-electron chi connectivity index (χ1n) is 8.89.